The number of hydrogen-bond acceptors (Lipinski definition) is 3. The van der Waals surface area contributed by atoms with E-state index < -0.39 is 0 Å². The van der Waals surface area contributed by atoms with E-state index >= 15 is 0 Å². The topological polar surface area (TPSA) is 42.1 Å². The first kappa shape index (κ1) is 13.2. The standard InChI is InChI=1S/C17H23N3/c1-12-10-17(20-9-5-3-4-6-13(20)2)15-11-14(18)7-8-16(15)19-12/h7-8,10-11,13H,3-6,9,18H2,1-2H3. The SMILES string of the molecule is Cc1cc(N2CCCCCC2C)c2cc(N)ccc2n1. The number of nitrogens with two attached hydrogens (primary N) is 1. The minimum Gasteiger partial charge on any atom is -0.399 e. The monoisotopic (exact) mass is 269 g/mol. The third-order valence-electron chi connectivity index (χ3n) is 4.30. The van der Waals surface area contributed by atoms with Gasteiger partial charge in [-0.15, -0.1) is 0 Å². The molecule has 1 fully saturated rings. The second-order valence-corrected chi connectivity index (χ2v) is 5.95. The summed E-state index contributed by atoms with van der Waals surface area (Å²) >= 11 is 0. The van der Waals surface area contributed by atoms with Crippen LogP contribution in [0.3, 0.4) is 0 Å². The Balaban J connectivity index is 2.15. The normalized spacial score (nSPS) is 20.1. The molecule has 2 N–H and O–H groups in total. The van der Waals surface area contributed by atoms with E-state index in [1.54, 1.807) is 0 Å². The number of nitrogen functional groups attached to an aromatic ring is 1. The van der Waals surface area contributed by atoms with Crippen molar-refractivity contribution in [2.75, 3.05) is 17.2 Å². The van der Waals surface area contributed by atoms with Gasteiger partial charge in [0.05, 0.1) is 5.52 Å². The maximum Gasteiger partial charge on any atom is 0.0727 e. The van der Waals surface area contributed by atoms with Crippen LogP contribution in [0, 0.1) is 6.92 Å². The van der Waals surface area contributed by atoms with Gasteiger partial charge in [0.25, 0.3) is 0 Å². The number of anilines is 2. The average molecular weight is 269 g/mol. The maximum atomic E-state index is 5.98. The van der Waals surface area contributed by atoms with Crippen LogP contribution in [-0.4, -0.2) is 17.6 Å². The highest BCUT2D eigenvalue weighted by Crippen LogP contribution is 2.32. The summed E-state index contributed by atoms with van der Waals surface area (Å²) in [6.07, 6.45) is 5.22. The Morgan fingerprint density at radius 1 is 1.20 bits per heavy atom. The summed E-state index contributed by atoms with van der Waals surface area (Å²) < 4.78 is 0. The van der Waals surface area contributed by atoms with Gasteiger partial charge in [-0.25, -0.2) is 0 Å². The molecule has 3 nitrogen and oxygen atoms in total. The maximum absolute atomic E-state index is 5.98. The lowest BCUT2D eigenvalue weighted by atomic mass is 10.1. The second kappa shape index (κ2) is 5.31. The molecule has 0 radical (unpaired) electrons. The van der Waals surface area contributed by atoms with E-state index in [0.717, 1.165) is 23.4 Å². The molecule has 20 heavy (non-hydrogen) atoms. The Labute approximate surface area is 120 Å². The molecule has 1 unspecified atom stereocenters. The van der Waals surface area contributed by atoms with Crippen LogP contribution < -0.4 is 10.6 Å². The summed E-state index contributed by atoms with van der Waals surface area (Å²) in [5.74, 6) is 0. The van der Waals surface area contributed by atoms with Crippen molar-refractivity contribution in [3.8, 4) is 0 Å². The summed E-state index contributed by atoms with van der Waals surface area (Å²) in [6.45, 7) is 5.54. The highest BCUT2D eigenvalue weighted by molar-refractivity contribution is 5.94. The molecular weight excluding hydrogens is 246 g/mol. The van der Waals surface area contributed by atoms with Crippen molar-refractivity contribution in [1.82, 2.24) is 4.98 Å². The fourth-order valence-corrected chi connectivity index (χ4v) is 3.22. The number of benzene rings is 1. The van der Waals surface area contributed by atoms with Crippen LogP contribution in [0.25, 0.3) is 10.9 Å². The van der Waals surface area contributed by atoms with Gasteiger partial charge in [0, 0.05) is 35.0 Å². The smallest absolute Gasteiger partial charge is 0.0727 e. The van der Waals surface area contributed by atoms with E-state index in [-0.39, 0.29) is 0 Å². The molecule has 2 heterocycles. The largest absolute Gasteiger partial charge is 0.399 e. The summed E-state index contributed by atoms with van der Waals surface area (Å²) in [6, 6.07) is 8.83. The van der Waals surface area contributed by atoms with Gasteiger partial charge in [0.15, 0.2) is 0 Å². The van der Waals surface area contributed by atoms with Crippen molar-refractivity contribution < 1.29 is 0 Å². The zero-order valence-corrected chi connectivity index (χ0v) is 12.4. The van der Waals surface area contributed by atoms with E-state index in [2.05, 4.69) is 35.9 Å². The van der Waals surface area contributed by atoms with Gasteiger partial charge in [-0.05, 0) is 51.0 Å². The molecule has 0 aliphatic carbocycles. The van der Waals surface area contributed by atoms with Crippen molar-refractivity contribution in [3.63, 3.8) is 0 Å². The molecule has 0 spiro atoms. The molecule has 2 aromatic rings. The van der Waals surface area contributed by atoms with Gasteiger partial charge in [0.2, 0.25) is 0 Å². The van der Waals surface area contributed by atoms with Crippen molar-refractivity contribution in [2.45, 2.75) is 45.6 Å². The average Bonchev–Trinajstić information content (AvgIpc) is 2.63. The molecule has 1 aromatic heterocycles. The molecule has 1 saturated heterocycles. The molecule has 1 aliphatic heterocycles. The van der Waals surface area contributed by atoms with Crippen molar-refractivity contribution in [3.05, 3.63) is 30.0 Å². The van der Waals surface area contributed by atoms with Crippen LogP contribution in [0.15, 0.2) is 24.3 Å². The molecule has 1 atom stereocenters. The summed E-state index contributed by atoms with van der Waals surface area (Å²) in [5.41, 5.74) is 10.2. The highest BCUT2D eigenvalue weighted by Gasteiger charge is 2.19. The Kier molecular flexibility index (Phi) is 3.51. The lowest BCUT2D eigenvalue weighted by molar-refractivity contribution is 0.617. The van der Waals surface area contributed by atoms with Crippen molar-refractivity contribution in [1.29, 1.82) is 0 Å². The Bertz CT molecular complexity index is 621. The van der Waals surface area contributed by atoms with E-state index in [4.69, 9.17) is 5.73 Å². The zero-order valence-electron chi connectivity index (χ0n) is 12.4. The first-order valence-electron chi connectivity index (χ1n) is 7.58. The van der Waals surface area contributed by atoms with Crippen LogP contribution in [0.5, 0.6) is 0 Å². The Morgan fingerprint density at radius 3 is 2.90 bits per heavy atom. The third kappa shape index (κ3) is 2.45. The minimum absolute atomic E-state index is 0.587. The predicted octanol–water partition coefficient (Wildman–Crippen LogP) is 3.89. The molecular formula is C17H23N3. The van der Waals surface area contributed by atoms with Gasteiger partial charge < -0.3 is 10.6 Å². The molecule has 1 aromatic carbocycles. The number of nitrogens with zero attached hydrogens (tertiary/aromatic N) is 2. The van der Waals surface area contributed by atoms with E-state index in [9.17, 15) is 0 Å². The molecule has 106 valence electrons. The van der Waals surface area contributed by atoms with Crippen LogP contribution >= 0.6 is 0 Å². The molecule has 0 saturated carbocycles. The van der Waals surface area contributed by atoms with Crippen LogP contribution in [0.4, 0.5) is 11.4 Å². The van der Waals surface area contributed by atoms with Crippen LogP contribution in [-0.2, 0) is 0 Å². The van der Waals surface area contributed by atoms with E-state index in [1.807, 2.05) is 12.1 Å². The first-order chi connectivity index (χ1) is 9.65. The van der Waals surface area contributed by atoms with Crippen molar-refractivity contribution in [2.24, 2.45) is 0 Å². The predicted molar refractivity (Wildman–Crippen MR) is 86.2 cm³/mol. The number of aryl methyl sites for hydroxylation is 1. The van der Waals surface area contributed by atoms with Gasteiger partial charge in [-0.2, -0.15) is 0 Å². The lowest BCUT2D eigenvalue weighted by Crippen LogP contribution is -2.32. The Morgan fingerprint density at radius 2 is 2.05 bits per heavy atom. The van der Waals surface area contributed by atoms with Crippen molar-refractivity contribution >= 4 is 22.3 Å². The van der Waals surface area contributed by atoms with Gasteiger partial charge in [-0.1, -0.05) is 12.8 Å². The lowest BCUT2D eigenvalue weighted by Gasteiger charge is -2.30. The number of aromatic nitrogens is 1. The zero-order chi connectivity index (χ0) is 14.1. The third-order valence-corrected chi connectivity index (χ3v) is 4.30. The number of fused-ring (bicyclic) bond motifs is 1. The number of rotatable bonds is 1. The van der Waals surface area contributed by atoms with E-state index in [0.29, 0.717) is 6.04 Å². The molecule has 1 aliphatic rings. The quantitative estimate of drug-likeness (QED) is 0.798. The fourth-order valence-electron chi connectivity index (χ4n) is 3.22. The van der Waals surface area contributed by atoms with Gasteiger partial charge in [0.1, 0.15) is 0 Å². The second-order valence-electron chi connectivity index (χ2n) is 5.95. The summed E-state index contributed by atoms with van der Waals surface area (Å²) in [5, 5.41) is 1.18. The highest BCUT2D eigenvalue weighted by atomic mass is 15.2. The van der Waals surface area contributed by atoms with Crippen LogP contribution in [0.2, 0.25) is 0 Å². The first-order valence-corrected chi connectivity index (χ1v) is 7.58. The molecule has 0 amide bonds. The minimum atomic E-state index is 0.587. The van der Waals surface area contributed by atoms with Gasteiger partial charge >= 0.3 is 0 Å². The van der Waals surface area contributed by atoms with Crippen LogP contribution in [0.1, 0.15) is 38.3 Å². The summed E-state index contributed by atoms with van der Waals surface area (Å²) in [4.78, 5) is 7.18. The number of pyridine rings is 1. The number of hydrogen-bond donors (Lipinski definition) is 1. The van der Waals surface area contributed by atoms with Gasteiger partial charge in [-0.3, -0.25) is 4.98 Å². The molecule has 3 heteroatoms. The Hall–Kier alpha value is -1.77. The fraction of sp³-hybridized carbons (Fsp3) is 0.471. The summed E-state index contributed by atoms with van der Waals surface area (Å²) in [7, 11) is 0. The molecule has 0 bridgehead atoms. The molecule has 3 rings (SSSR count). The van der Waals surface area contributed by atoms with E-state index in [1.165, 1.54) is 36.8 Å².